The van der Waals surface area contributed by atoms with Gasteiger partial charge in [0, 0.05) is 18.3 Å². The summed E-state index contributed by atoms with van der Waals surface area (Å²) in [6.45, 7) is 9.54. The standard InChI is InChI=1S/C16H19ClN2/c1-5-15(17)9-7-6-8-14-10-12(2)16(19-11-14)13(3)18-4/h5-7,9-11,18H,1,3,8H2,2,4H3/b7-6-,15-9+. The van der Waals surface area contributed by atoms with Crippen molar-refractivity contribution in [2.24, 2.45) is 0 Å². The van der Waals surface area contributed by atoms with Crippen LogP contribution in [0.4, 0.5) is 0 Å². The summed E-state index contributed by atoms with van der Waals surface area (Å²) < 4.78 is 0. The maximum Gasteiger partial charge on any atom is 0.0884 e. The lowest BCUT2D eigenvalue weighted by Crippen LogP contribution is -2.06. The molecule has 1 rings (SSSR count). The minimum Gasteiger partial charge on any atom is -0.387 e. The van der Waals surface area contributed by atoms with Gasteiger partial charge in [-0.05, 0) is 30.5 Å². The predicted octanol–water partition coefficient (Wildman–Crippen LogP) is 3.99. The Kier molecular flexibility index (Phi) is 6.10. The van der Waals surface area contributed by atoms with Gasteiger partial charge in [0.2, 0.25) is 0 Å². The first kappa shape index (κ1) is 15.3. The molecule has 0 saturated heterocycles. The van der Waals surface area contributed by atoms with Crippen LogP contribution in [0.2, 0.25) is 0 Å². The lowest BCUT2D eigenvalue weighted by atomic mass is 10.1. The minimum atomic E-state index is 0.631. The number of nitrogens with zero attached hydrogens (tertiary/aromatic N) is 1. The third-order valence-corrected chi connectivity index (χ3v) is 2.94. The second-order valence-electron chi connectivity index (χ2n) is 4.13. The van der Waals surface area contributed by atoms with E-state index in [1.165, 1.54) is 0 Å². The Morgan fingerprint density at radius 3 is 2.84 bits per heavy atom. The van der Waals surface area contributed by atoms with Crippen molar-refractivity contribution in [3.63, 3.8) is 0 Å². The molecule has 19 heavy (non-hydrogen) atoms. The molecule has 1 aromatic rings. The molecule has 0 aromatic carbocycles. The zero-order valence-corrected chi connectivity index (χ0v) is 12.2. The summed E-state index contributed by atoms with van der Waals surface area (Å²) in [6, 6.07) is 2.12. The van der Waals surface area contributed by atoms with Crippen molar-refractivity contribution in [2.45, 2.75) is 13.3 Å². The van der Waals surface area contributed by atoms with Gasteiger partial charge in [0.05, 0.1) is 11.4 Å². The van der Waals surface area contributed by atoms with E-state index in [1.807, 2.05) is 38.4 Å². The third kappa shape index (κ3) is 4.76. The molecule has 0 radical (unpaired) electrons. The summed E-state index contributed by atoms with van der Waals surface area (Å²) in [5, 5.41) is 3.64. The van der Waals surface area contributed by atoms with Crippen molar-refractivity contribution >= 4 is 17.3 Å². The zero-order chi connectivity index (χ0) is 14.3. The Morgan fingerprint density at radius 2 is 2.26 bits per heavy atom. The van der Waals surface area contributed by atoms with Gasteiger partial charge in [-0.1, -0.05) is 49.1 Å². The molecule has 3 heteroatoms. The van der Waals surface area contributed by atoms with Gasteiger partial charge in [0.1, 0.15) is 0 Å². The number of hydrogen-bond donors (Lipinski definition) is 1. The molecule has 1 aromatic heterocycles. The summed E-state index contributed by atoms with van der Waals surface area (Å²) in [6.07, 6.45) is 10.1. The Labute approximate surface area is 120 Å². The Morgan fingerprint density at radius 1 is 1.53 bits per heavy atom. The molecular formula is C16H19ClN2. The molecular weight excluding hydrogens is 256 g/mol. The van der Waals surface area contributed by atoms with E-state index < -0.39 is 0 Å². The molecule has 2 nitrogen and oxygen atoms in total. The second kappa shape index (κ2) is 7.59. The van der Waals surface area contributed by atoms with E-state index in [4.69, 9.17) is 11.6 Å². The summed E-state index contributed by atoms with van der Waals surface area (Å²) in [4.78, 5) is 4.43. The first-order chi connectivity index (χ1) is 9.08. The number of rotatable bonds is 6. The summed E-state index contributed by atoms with van der Waals surface area (Å²) >= 11 is 5.81. The van der Waals surface area contributed by atoms with Gasteiger partial charge in [0.25, 0.3) is 0 Å². The molecule has 0 aliphatic heterocycles. The lowest BCUT2D eigenvalue weighted by Gasteiger charge is -2.08. The van der Waals surface area contributed by atoms with Crippen LogP contribution in [-0.2, 0) is 6.42 Å². The van der Waals surface area contributed by atoms with Gasteiger partial charge in [-0.2, -0.15) is 0 Å². The molecule has 0 bridgehead atoms. The number of halogens is 1. The fourth-order valence-corrected chi connectivity index (χ4v) is 1.68. The maximum atomic E-state index is 5.81. The zero-order valence-electron chi connectivity index (χ0n) is 11.4. The molecule has 0 atom stereocenters. The fraction of sp³-hybridized carbons (Fsp3) is 0.188. The van der Waals surface area contributed by atoms with E-state index in [0.29, 0.717) is 5.03 Å². The monoisotopic (exact) mass is 274 g/mol. The number of pyridine rings is 1. The normalized spacial score (nSPS) is 11.6. The predicted molar refractivity (Wildman–Crippen MR) is 84.0 cm³/mol. The number of allylic oxidation sites excluding steroid dienone is 5. The largest absolute Gasteiger partial charge is 0.387 e. The van der Waals surface area contributed by atoms with Crippen molar-refractivity contribution in [1.29, 1.82) is 0 Å². The highest BCUT2D eigenvalue weighted by Gasteiger charge is 2.03. The van der Waals surface area contributed by atoms with E-state index in [0.717, 1.165) is 28.9 Å². The van der Waals surface area contributed by atoms with E-state index >= 15 is 0 Å². The molecule has 0 aliphatic rings. The summed E-state index contributed by atoms with van der Waals surface area (Å²) in [7, 11) is 1.84. The molecule has 1 heterocycles. The highest BCUT2D eigenvalue weighted by atomic mass is 35.5. The topological polar surface area (TPSA) is 24.9 Å². The SMILES string of the molecule is C=C/C(Cl)=C\C=C/Cc1cnc(C(=C)NC)c(C)c1. The molecule has 0 fully saturated rings. The first-order valence-corrected chi connectivity index (χ1v) is 6.43. The van der Waals surface area contributed by atoms with E-state index in [9.17, 15) is 0 Å². The van der Waals surface area contributed by atoms with Gasteiger partial charge in [-0.25, -0.2) is 0 Å². The summed E-state index contributed by atoms with van der Waals surface area (Å²) in [5.74, 6) is 0. The van der Waals surface area contributed by atoms with E-state index in [2.05, 4.69) is 29.5 Å². The van der Waals surface area contributed by atoms with Crippen molar-refractivity contribution in [2.75, 3.05) is 7.05 Å². The highest BCUT2D eigenvalue weighted by molar-refractivity contribution is 6.31. The van der Waals surface area contributed by atoms with Gasteiger partial charge >= 0.3 is 0 Å². The molecule has 0 amide bonds. The van der Waals surface area contributed by atoms with E-state index in [1.54, 1.807) is 6.08 Å². The van der Waals surface area contributed by atoms with Crippen LogP contribution in [0.1, 0.15) is 16.8 Å². The lowest BCUT2D eigenvalue weighted by molar-refractivity contribution is 1.06. The van der Waals surface area contributed by atoms with Crippen LogP contribution in [0.15, 0.2) is 54.8 Å². The van der Waals surface area contributed by atoms with Crippen LogP contribution in [0.5, 0.6) is 0 Å². The minimum absolute atomic E-state index is 0.631. The van der Waals surface area contributed by atoms with Crippen molar-refractivity contribution in [1.82, 2.24) is 10.3 Å². The smallest absolute Gasteiger partial charge is 0.0884 e. The van der Waals surface area contributed by atoms with E-state index in [-0.39, 0.29) is 0 Å². The number of hydrogen-bond acceptors (Lipinski definition) is 2. The van der Waals surface area contributed by atoms with Gasteiger partial charge < -0.3 is 5.32 Å². The average molecular weight is 275 g/mol. The molecule has 100 valence electrons. The molecule has 0 aliphatic carbocycles. The maximum absolute atomic E-state index is 5.81. The van der Waals surface area contributed by atoms with Crippen molar-refractivity contribution < 1.29 is 0 Å². The molecule has 0 unspecified atom stereocenters. The van der Waals surface area contributed by atoms with Crippen LogP contribution in [-0.4, -0.2) is 12.0 Å². The Balaban J connectivity index is 2.74. The molecule has 0 spiro atoms. The highest BCUT2D eigenvalue weighted by Crippen LogP contribution is 2.14. The Bertz CT molecular complexity index is 528. The van der Waals surface area contributed by atoms with Crippen LogP contribution in [0.25, 0.3) is 5.70 Å². The van der Waals surface area contributed by atoms with Crippen LogP contribution in [0, 0.1) is 6.92 Å². The third-order valence-electron chi connectivity index (χ3n) is 2.66. The average Bonchev–Trinajstić information content (AvgIpc) is 2.42. The van der Waals surface area contributed by atoms with Gasteiger partial charge in [-0.3, -0.25) is 4.98 Å². The van der Waals surface area contributed by atoms with Crippen molar-refractivity contribution in [3.8, 4) is 0 Å². The number of aromatic nitrogens is 1. The number of aryl methyl sites for hydroxylation is 1. The first-order valence-electron chi connectivity index (χ1n) is 6.05. The molecule has 1 N–H and O–H groups in total. The fourth-order valence-electron chi connectivity index (χ4n) is 1.61. The van der Waals surface area contributed by atoms with Gasteiger partial charge in [-0.15, -0.1) is 0 Å². The quantitative estimate of drug-likeness (QED) is 0.794. The van der Waals surface area contributed by atoms with Crippen molar-refractivity contribution in [3.05, 3.63) is 71.6 Å². The molecule has 0 saturated carbocycles. The summed E-state index contributed by atoms with van der Waals surface area (Å²) in [5.41, 5.74) is 4.01. The Hall–Kier alpha value is -1.80. The van der Waals surface area contributed by atoms with Crippen LogP contribution in [0.3, 0.4) is 0 Å². The second-order valence-corrected chi connectivity index (χ2v) is 4.56. The van der Waals surface area contributed by atoms with Gasteiger partial charge in [0.15, 0.2) is 0 Å². The van der Waals surface area contributed by atoms with Crippen LogP contribution < -0.4 is 5.32 Å². The van der Waals surface area contributed by atoms with Crippen LogP contribution >= 0.6 is 11.6 Å². The number of nitrogens with one attached hydrogen (secondary N) is 1.